The van der Waals surface area contributed by atoms with Gasteiger partial charge in [0.05, 0.1) is 17.9 Å². The summed E-state index contributed by atoms with van der Waals surface area (Å²) in [7, 11) is 0. The highest BCUT2D eigenvalue weighted by Crippen LogP contribution is 2.33. The number of hydrogen-bond acceptors (Lipinski definition) is 7. The van der Waals surface area contributed by atoms with Crippen molar-refractivity contribution in [1.82, 2.24) is 9.78 Å². The first-order valence-electron chi connectivity index (χ1n) is 11.9. The van der Waals surface area contributed by atoms with Gasteiger partial charge in [-0.05, 0) is 43.7 Å². The lowest BCUT2D eigenvalue weighted by molar-refractivity contribution is -0.122. The molecule has 2 aromatic carbocycles. The van der Waals surface area contributed by atoms with Crippen LogP contribution in [-0.2, 0) is 14.3 Å². The van der Waals surface area contributed by atoms with Crippen LogP contribution in [0, 0.1) is 18.7 Å². The number of ether oxygens (including phenoxy) is 1. The van der Waals surface area contributed by atoms with Crippen molar-refractivity contribution in [3.05, 3.63) is 81.3 Å². The molecule has 9 nitrogen and oxygen atoms in total. The lowest BCUT2D eigenvalue weighted by Gasteiger charge is -2.17. The zero-order chi connectivity index (χ0) is 27.0. The van der Waals surface area contributed by atoms with Crippen molar-refractivity contribution < 1.29 is 23.5 Å². The number of aryl methyl sites for hydroxylation is 1. The zero-order valence-electron chi connectivity index (χ0n) is 20.6. The lowest BCUT2D eigenvalue weighted by atomic mass is 10.1. The van der Waals surface area contributed by atoms with Crippen LogP contribution in [-0.4, -0.2) is 40.7 Å². The molecule has 4 aromatic rings. The highest BCUT2D eigenvalue weighted by molar-refractivity contribution is 7.16. The summed E-state index contributed by atoms with van der Waals surface area (Å²) in [4.78, 5) is 53.7. The monoisotopic (exact) mass is 534 g/mol. The molecule has 3 heterocycles. The van der Waals surface area contributed by atoms with E-state index in [0.717, 1.165) is 21.6 Å². The molecule has 0 radical (unpaired) electrons. The number of amides is 2. The molecule has 1 unspecified atom stereocenters. The van der Waals surface area contributed by atoms with Crippen molar-refractivity contribution in [2.75, 3.05) is 23.4 Å². The Kier molecular flexibility index (Phi) is 6.77. The van der Waals surface area contributed by atoms with Crippen LogP contribution in [0.2, 0.25) is 0 Å². The fourth-order valence-electron chi connectivity index (χ4n) is 4.42. The van der Waals surface area contributed by atoms with Crippen LogP contribution in [0.25, 0.3) is 16.5 Å². The molecule has 0 spiro atoms. The van der Waals surface area contributed by atoms with Crippen molar-refractivity contribution in [1.29, 1.82) is 0 Å². The van der Waals surface area contributed by atoms with Gasteiger partial charge in [0, 0.05) is 29.4 Å². The molecule has 0 bridgehead atoms. The minimum absolute atomic E-state index is 0.00419. The Hall–Kier alpha value is -4.38. The average Bonchev–Trinajstić information content (AvgIpc) is 3.49. The van der Waals surface area contributed by atoms with Gasteiger partial charge in [-0.25, -0.2) is 9.18 Å². The van der Waals surface area contributed by atoms with Crippen molar-refractivity contribution in [2.45, 2.75) is 20.3 Å². The van der Waals surface area contributed by atoms with E-state index >= 15 is 0 Å². The van der Waals surface area contributed by atoms with Crippen molar-refractivity contribution in [3.8, 4) is 5.69 Å². The normalized spacial score (nSPS) is 15.2. The molecule has 1 atom stereocenters. The number of benzene rings is 2. The summed E-state index contributed by atoms with van der Waals surface area (Å²) < 4.78 is 20.5. The maximum absolute atomic E-state index is 14.6. The van der Waals surface area contributed by atoms with Gasteiger partial charge in [-0.2, -0.15) is 9.78 Å². The van der Waals surface area contributed by atoms with E-state index in [1.807, 2.05) is 31.2 Å². The first-order chi connectivity index (χ1) is 18.3. The number of fused-ring (bicyclic) bond motifs is 1. The third-order valence-corrected chi connectivity index (χ3v) is 7.14. The van der Waals surface area contributed by atoms with Gasteiger partial charge in [-0.15, -0.1) is 11.3 Å². The van der Waals surface area contributed by atoms with E-state index < -0.39 is 29.2 Å². The minimum atomic E-state index is -0.784. The molecule has 0 aliphatic carbocycles. The SMILES string of the molecule is CCOC(=O)c1nn(-c2ccccc2F)c(=O)c2c(NC(=O)C3CC(=O)N(c4cccc(C)c4)C3)scc12. The number of hydrogen-bond donors (Lipinski definition) is 1. The highest BCUT2D eigenvalue weighted by Gasteiger charge is 2.36. The second-order valence-electron chi connectivity index (χ2n) is 8.82. The molecular weight excluding hydrogens is 511 g/mol. The van der Waals surface area contributed by atoms with Gasteiger partial charge in [-0.3, -0.25) is 14.4 Å². The number of anilines is 2. The molecule has 1 saturated heterocycles. The quantitative estimate of drug-likeness (QED) is 0.374. The summed E-state index contributed by atoms with van der Waals surface area (Å²) in [5.74, 6) is -2.77. The summed E-state index contributed by atoms with van der Waals surface area (Å²) in [6, 6.07) is 13.0. The highest BCUT2D eigenvalue weighted by atomic mass is 32.1. The molecule has 5 rings (SSSR count). The third-order valence-electron chi connectivity index (χ3n) is 6.25. The summed E-state index contributed by atoms with van der Waals surface area (Å²) in [6.45, 7) is 3.81. The number of aromatic nitrogens is 2. The molecule has 2 aromatic heterocycles. The van der Waals surface area contributed by atoms with Crippen LogP contribution >= 0.6 is 11.3 Å². The predicted octanol–water partition coefficient (Wildman–Crippen LogP) is 4.06. The number of rotatable bonds is 6. The van der Waals surface area contributed by atoms with Crippen molar-refractivity contribution >= 4 is 50.6 Å². The molecule has 2 amide bonds. The largest absolute Gasteiger partial charge is 0.461 e. The fraction of sp³-hybridized carbons (Fsp3) is 0.222. The van der Waals surface area contributed by atoms with E-state index in [1.165, 1.54) is 29.6 Å². The number of carbonyl (C=O) groups excluding carboxylic acids is 3. The fourth-order valence-corrected chi connectivity index (χ4v) is 5.36. The van der Waals surface area contributed by atoms with E-state index in [2.05, 4.69) is 10.4 Å². The Morgan fingerprint density at radius 3 is 2.71 bits per heavy atom. The smallest absolute Gasteiger partial charge is 0.359 e. The first kappa shape index (κ1) is 25.3. The molecular formula is C27H23FN4O5S. The Morgan fingerprint density at radius 2 is 1.97 bits per heavy atom. The number of halogens is 1. The third kappa shape index (κ3) is 4.56. The molecule has 1 fully saturated rings. The van der Waals surface area contributed by atoms with Crippen LogP contribution in [0.5, 0.6) is 0 Å². The molecule has 1 N–H and O–H groups in total. The number of para-hydroxylation sites is 1. The van der Waals surface area contributed by atoms with Gasteiger partial charge in [0.2, 0.25) is 11.8 Å². The molecule has 11 heteroatoms. The number of carbonyl (C=O) groups is 3. The van der Waals surface area contributed by atoms with E-state index in [1.54, 1.807) is 11.8 Å². The second kappa shape index (κ2) is 10.2. The predicted molar refractivity (Wildman–Crippen MR) is 141 cm³/mol. The van der Waals surface area contributed by atoms with E-state index in [-0.39, 0.29) is 52.6 Å². The molecule has 194 valence electrons. The van der Waals surface area contributed by atoms with Gasteiger partial charge < -0.3 is 15.0 Å². The van der Waals surface area contributed by atoms with Gasteiger partial charge in [0.15, 0.2) is 5.69 Å². The summed E-state index contributed by atoms with van der Waals surface area (Å²) in [5, 5.41) is 8.76. The second-order valence-corrected chi connectivity index (χ2v) is 9.70. The lowest BCUT2D eigenvalue weighted by Crippen LogP contribution is -2.29. The molecule has 0 saturated carbocycles. The number of nitrogens with one attached hydrogen (secondary N) is 1. The number of esters is 1. The number of thiophene rings is 1. The van der Waals surface area contributed by atoms with E-state index in [0.29, 0.717) is 5.69 Å². The van der Waals surface area contributed by atoms with Crippen LogP contribution in [0.1, 0.15) is 29.4 Å². The average molecular weight is 535 g/mol. The Bertz CT molecular complexity index is 1650. The van der Waals surface area contributed by atoms with E-state index in [4.69, 9.17) is 4.74 Å². The van der Waals surface area contributed by atoms with Crippen molar-refractivity contribution in [2.24, 2.45) is 5.92 Å². The van der Waals surface area contributed by atoms with Gasteiger partial charge in [0.25, 0.3) is 5.56 Å². The van der Waals surface area contributed by atoms with Crippen LogP contribution in [0.3, 0.4) is 0 Å². The molecule has 1 aliphatic heterocycles. The van der Waals surface area contributed by atoms with Crippen molar-refractivity contribution in [3.63, 3.8) is 0 Å². The van der Waals surface area contributed by atoms with Gasteiger partial charge >= 0.3 is 5.97 Å². The maximum atomic E-state index is 14.6. The summed E-state index contributed by atoms with van der Waals surface area (Å²) in [6.07, 6.45) is 0.0121. The summed E-state index contributed by atoms with van der Waals surface area (Å²) >= 11 is 1.04. The standard InChI is InChI=1S/C27H23FN4O5S/c1-3-37-27(36)23-18-14-38-25(22(18)26(35)32(30-23)20-10-5-4-9-19(20)28)29-24(34)16-12-21(33)31(13-16)17-8-6-7-15(2)11-17/h4-11,14,16H,3,12-13H2,1-2H3,(H,29,34). The zero-order valence-corrected chi connectivity index (χ0v) is 21.4. The topological polar surface area (TPSA) is 111 Å². The van der Waals surface area contributed by atoms with Crippen LogP contribution < -0.4 is 15.8 Å². The molecule has 1 aliphatic rings. The Morgan fingerprint density at radius 1 is 1.18 bits per heavy atom. The first-order valence-corrected chi connectivity index (χ1v) is 12.8. The maximum Gasteiger partial charge on any atom is 0.359 e. The number of nitrogens with zero attached hydrogens (tertiary/aromatic N) is 3. The van der Waals surface area contributed by atoms with Crippen LogP contribution in [0.4, 0.5) is 15.1 Å². The van der Waals surface area contributed by atoms with Crippen LogP contribution in [0.15, 0.2) is 58.7 Å². The Balaban J connectivity index is 1.52. The van der Waals surface area contributed by atoms with Gasteiger partial charge in [-0.1, -0.05) is 24.3 Å². The van der Waals surface area contributed by atoms with E-state index in [9.17, 15) is 23.6 Å². The Labute approximate surface area is 220 Å². The summed E-state index contributed by atoms with van der Waals surface area (Å²) in [5.41, 5.74) is 0.667. The minimum Gasteiger partial charge on any atom is -0.461 e. The van der Waals surface area contributed by atoms with Gasteiger partial charge in [0.1, 0.15) is 16.5 Å². The molecule has 38 heavy (non-hydrogen) atoms.